The third-order valence-corrected chi connectivity index (χ3v) is 14.3. The van der Waals surface area contributed by atoms with Crippen LogP contribution in [0.5, 0.6) is 0 Å². The Bertz CT molecular complexity index is 3270. The Hall–Kier alpha value is -5.39. The standard InChI is InChI=1S/C36H29N2O.C22H30NSi.Ir/c1-23-17-19-26-27-13-10-14-28(34(27)39-33(26)21-23)35-37-30-15-8-9-16-32(30)38(35)31-20-18-25(36(2,3)4)22-29(31)24-11-6-5-7-12-24;1-17-10-12-19(13-11-17)21-15-20(14-18-8-6-5-7-9-18)22(16-23-21)24(2,3)4;/h5-13,15-22H,1-4H3;10-12,15-16,18H,5-9,14H2,1-4H3;/q2*-1;/i;1D3,14D2;. The molecule has 1 aliphatic carbocycles. The summed E-state index contributed by atoms with van der Waals surface area (Å²) < 4.78 is 49.4. The van der Waals surface area contributed by atoms with Crippen LogP contribution in [-0.2, 0) is 31.9 Å². The summed E-state index contributed by atoms with van der Waals surface area (Å²) in [5, 5.41) is 3.24. The molecular formula is C58H59IrN3OSi-2. The summed E-state index contributed by atoms with van der Waals surface area (Å²) in [6.07, 6.45) is 5.68. The first-order chi connectivity index (χ1) is 32.3. The Morgan fingerprint density at radius 3 is 2.33 bits per heavy atom. The molecule has 3 aromatic heterocycles. The first-order valence-corrected chi connectivity index (χ1v) is 25.8. The normalized spacial score (nSPS) is 15.1. The fourth-order valence-corrected chi connectivity index (χ4v) is 10.3. The maximum Gasteiger partial charge on any atom is 0.121 e. The average Bonchev–Trinajstić information content (AvgIpc) is 3.89. The predicted octanol–water partition coefficient (Wildman–Crippen LogP) is 15.2. The van der Waals surface area contributed by atoms with Crippen molar-refractivity contribution in [2.75, 3.05) is 0 Å². The number of pyridine rings is 1. The van der Waals surface area contributed by atoms with Crippen molar-refractivity contribution >= 4 is 46.2 Å². The van der Waals surface area contributed by atoms with Gasteiger partial charge < -0.3 is 14.0 Å². The molecule has 1 saturated carbocycles. The summed E-state index contributed by atoms with van der Waals surface area (Å²) in [7, 11) is -1.80. The summed E-state index contributed by atoms with van der Waals surface area (Å²) in [5.41, 5.74) is 12.8. The van der Waals surface area contributed by atoms with Gasteiger partial charge in [0.1, 0.15) is 5.58 Å². The van der Waals surface area contributed by atoms with E-state index in [-0.39, 0.29) is 37.0 Å². The van der Waals surface area contributed by atoms with Crippen molar-refractivity contribution in [3.8, 4) is 39.5 Å². The van der Waals surface area contributed by atoms with Crippen molar-refractivity contribution in [2.45, 2.75) is 98.1 Å². The number of furan rings is 1. The number of aromatic nitrogens is 3. The van der Waals surface area contributed by atoms with Crippen LogP contribution in [-0.4, -0.2) is 22.6 Å². The van der Waals surface area contributed by atoms with Crippen molar-refractivity contribution in [1.29, 1.82) is 0 Å². The zero-order valence-electron chi connectivity index (χ0n) is 42.9. The number of hydrogen-bond acceptors (Lipinski definition) is 3. The van der Waals surface area contributed by atoms with Crippen molar-refractivity contribution in [3.63, 3.8) is 0 Å². The van der Waals surface area contributed by atoms with Gasteiger partial charge in [-0.25, -0.2) is 0 Å². The van der Waals surface area contributed by atoms with Crippen LogP contribution < -0.4 is 5.19 Å². The second-order valence-corrected chi connectivity index (χ2v) is 24.2. The number of nitrogens with zero attached hydrogens (tertiary/aromatic N) is 3. The Balaban J connectivity index is 0.000000192. The second-order valence-electron chi connectivity index (χ2n) is 19.1. The molecule has 3 heterocycles. The van der Waals surface area contributed by atoms with Crippen LogP contribution in [0.3, 0.4) is 0 Å². The molecule has 327 valence electrons. The van der Waals surface area contributed by atoms with Gasteiger partial charge in [-0.3, -0.25) is 4.98 Å². The Labute approximate surface area is 401 Å². The van der Waals surface area contributed by atoms with E-state index in [2.05, 4.69) is 160 Å². The van der Waals surface area contributed by atoms with Crippen LogP contribution in [0.1, 0.15) is 82.0 Å². The topological polar surface area (TPSA) is 43.9 Å². The van der Waals surface area contributed by atoms with Gasteiger partial charge in [-0.1, -0.05) is 163 Å². The number of imidazole rings is 1. The third kappa shape index (κ3) is 9.38. The maximum atomic E-state index is 9.03. The molecule has 1 radical (unpaired) electrons. The van der Waals surface area contributed by atoms with Crippen molar-refractivity contribution < 1.29 is 31.4 Å². The van der Waals surface area contributed by atoms with Gasteiger partial charge in [-0.2, -0.15) is 0 Å². The summed E-state index contributed by atoms with van der Waals surface area (Å²) in [6, 6.07) is 49.4. The fraction of sp³-hybridized carbons (Fsp3) is 0.276. The first kappa shape index (κ1) is 39.0. The van der Waals surface area contributed by atoms with E-state index in [9.17, 15) is 0 Å². The average molecular weight is 1040 g/mol. The largest absolute Gasteiger partial charge is 0.501 e. The summed E-state index contributed by atoms with van der Waals surface area (Å²) in [5.74, 6) is 0.849. The minimum Gasteiger partial charge on any atom is -0.501 e. The molecule has 1 aliphatic rings. The number of para-hydroxylation sites is 2. The number of rotatable bonds is 7. The SMILES string of the molecule is Cc1ccc2c(c1)oc1c(-c3nc4ccccc4n3-c3ccc(C(C)(C)C)cc3-c3ccccc3)[c-]ccc12.[2H]C([2H])([2H])c1c[c-]c(-c2cc(C([2H])([2H])C3CCCCC3)c([Si](C)(C)C)cn2)cc1.[Ir]. The van der Waals surface area contributed by atoms with Gasteiger partial charge in [-0.15, -0.1) is 53.6 Å². The molecule has 0 spiro atoms. The summed E-state index contributed by atoms with van der Waals surface area (Å²) in [4.78, 5) is 9.80. The van der Waals surface area contributed by atoms with E-state index < -0.39 is 21.3 Å². The Morgan fingerprint density at radius 1 is 0.828 bits per heavy atom. The molecule has 6 aromatic carbocycles. The van der Waals surface area contributed by atoms with E-state index >= 15 is 0 Å². The molecule has 9 aromatic rings. The van der Waals surface area contributed by atoms with Gasteiger partial charge in [0.15, 0.2) is 0 Å². The molecule has 0 aliphatic heterocycles. The molecule has 0 unspecified atom stereocenters. The molecule has 10 rings (SSSR count). The second kappa shape index (κ2) is 18.6. The smallest absolute Gasteiger partial charge is 0.121 e. The van der Waals surface area contributed by atoms with Crippen LogP contribution in [0.15, 0.2) is 138 Å². The number of hydrogen-bond donors (Lipinski definition) is 0. The molecule has 0 saturated heterocycles. The van der Waals surface area contributed by atoms with E-state index in [0.29, 0.717) is 11.3 Å². The molecule has 64 heavy (non-hydrogen) atoms. The maximum absolute atomic E-state index is 9.03. The molecule has 0 amide bonds. The van der Waals surface area contributed by atoms with E-state index in [1.807, 2.05) is 24.4 Å². The molecule has 4 nitrogen and oxygen atoms in total. The monoisotopic (exact) mass is 1040 g/mol. The fourth-order valence-electron chi connectivity index (χ4n) is 8.87. The van der Waals surface area contributed by atoms with Crippen LogP contribution in [0.4, 0.5) is 0 Å². The quantitative estimate of drug-likeness (QED) is 0.118. The number of fused-ring (bicyclic) bond motifs is 4. The molecular weight excluding hydrogens is 975 g/mol. The molecule has 0 N–H and O–H groups in total. The molecule has 0 bridgehead atoms. The zero-order valence-corrected chi connectivity index (χ0v) is 41.3. The zero-order chi connectivity index (χ0) is 48.2. The van der Waals surface area contributed by atoms with Crippen LogP contribution >= 0.6 is 0 Å². The van der Waals surface area contributed by atoms with Crippen LogP contribution in [0.2, 0.25) is 19.6 Å². The Morgan fingerprint density at radius 2 is 1.59 bits per heavy atom. The predicted molar refractivity (Wildman–Crippen MR) is 268 cm³/mol. The molecule has 6 heteroatoms. The minimum absolute atomic E-state index is 0. The van der Waals surface area contributed by atoms with E-state index in [0.717, 1.165) is 86.5 Å². The minimum atomic E-state index is -2.16. The van der Waals surface area contributed by atoms with Crippen LogP contribution in [0.25, 0.3) is 72.4 Å². The molecule has 1 fully saturated rings. The Kier molecular flexibility index (Phi) is 11.3. The summed E-state index contributed by atoms with van der Waals surface area (Å²) in [6.45, 7) is 13.4. The number of aryl methyl sites for hydroxylation is 2. The van der Waals surface area contributed by atoms with Gasteiger partial charge in [0.25, 0.3) is 0 Å². The summed E-state index contributed by atoms with van der Waals surface area (Å²) >= 11 is 0. The van der Waals surface area contributed by atoms with Gasteiger partial charge in [0, 0.05) is 49.8 Å². The first-order valence-electron chi connectivity index (χ1n) is 24.8. The van der Waals surface area contributed by atoms with Gasteiger partial charge >= 0.3 is 0 Å². The molecule has 0 atom stereocenters. The number of benzene rings is 6. The van der Waals surface area contributed by atoms with Crippen LogP contribution in [0, 0.1) is 31.8 Å². The van der Waals surface area contributed by atoms with Gasteiger partial charge in [0.2, 0.25) is 0 Å². The van der Waals surface area contributed by atoms with Crippen molar-refractivity contribution in [3.05, 3.63) is 168 Å². The van der Waals surface area contributed by atoms with E-state index in [1.54, 1.807) is 12.1 Å². The third-order valence-electron chi connectivity index (χ3n) is 12.3. The van der Waals surface area contributed by atoms with Crippen molar-refractivity contribution in [1.82, 2.24) is 14.5 Å². The van der Waals surface area contributed by atoms with Gasteiger partial charge in [0.05, 0.1) is 30.5 Å². The van der Waals surface area contributed by atoms with E-state index in [1.165, 1.54) is 34.7 Å². The van der Waals surface area contributed by atoms with E-state index in [4.69, 9.17) is 16.3 Å². The van der Waals surface area contributed by atoms with Crippen molar-refractivity contribution in [2.24, 2.45) is 5.92 Å². The van der Waals surface area contributed by atoms with Gasteiger partial charge in [-0.05, 0) is 82.5 Å².